The summed E-state index contributed by atoms with van der Waals surface area (Å²) in [6.07, 6.45) is 1.90. The number of aromatic nitrogens is 2. The van der Waals surface area contributed by atoms with Crippen LogP contribution in [-0.2, 0) is 0 Å². The van der Waals surface area contributed by atoms with Crippen molar-refractivity contribution in [3.8, 4) is 5.75 Å². The number of rotatable bonds is 3. The highest BCUT2D eigenvalue weighted by atomic mass is 16.5. The van der Waals surface area contributed by atoms with E-state index in [1.807, 2.05) is 30.3 Å². The second-order valence-corrected chi connectivity index (χ2v) is 6.50. The van der Waals surface area contributed by atoms with E-state index in [-0.39, 0.29) is 12.1 Å². The average Bonchev–Trinajstić information content (AvgIpc) is 3.03. The van der Waals surface area contributed by atoms with Crippen LogP contribution in [0.3, 0.4) is 0 Å². The fourth-order valence-corrected chi connectivity index (χ4v) is 3.66. The van der Waals surface area contributed by atoms with Gasteiger partial charge in [-0.3, -0.25) is 0 Å². The Labute approximate surface area is 146 Å². The van der Waals surface area contributed by atoms with Crippen LogP contribution in [0.2, 0.25) is 0 Å². The Bertz CT molecular complexity index is 912. The highest BCUT2D eigenvalue weighted by Crippen LogP contribution is 2.39. The van der Waals surface area contributed by atoms with Gasteiger partial charge in [-0.05, 0) is 42.7 Å². The van der Waals surface area contributed by atoms with Crippen molar-refractivity contribution in [1.29, 1.82) is 0 Å². The quantitative estimate of drug-likeness (QED) is 0.796. The number of aliphatic hydroxyl groups is 1. The lowest BCUT2D eigenvalue weighted by molar-refractivity contribution is 0.194. The first-order valence-corrected chi connectivity index (χ1v) is 8.46. The van der Waals surface area contributed by atoms with Crippen LogP contribution in [0.4, 0.5) is 5.82 Å². The Kier molecular flexibility index (Phi) is 4.01. The second-order valence-electron chi connectivity index (χ2n) is 6.50. The molecule has 0 spiro atoms. The zero-order chi connectivity index (χ0) is 17.4. The van der Waals surface area contributed by atoms with Gasteiger partial charge in [0.15, 0.2) is 0 Å². The van der Waals surface area contributed by atoms with Crippen LogP contribution in [0.5, 0.6) is 5.75 Å². The minimum atomic E-state index is -0.383. The number of para-hydroxylation sites is 1. The van der Waals surface area contributed by atoms with Crippen molar-refractivity contribution in [2.24, 2.45) is 0 Å². The molecule has 1 fully saturated rings. The average molecular weight is 335 g/mol. The number of methoxy groups -OCH3 is 1. The third kappa shape index (κ3) is 2.81. The fourth-order valence-electron chi connectivity index (χ4n) is 3.66. The molecule has 5 nitrogen and oxygen atoms in total. The molecule has 0 saturated carbocycles. The molecule has 1 aromatic heterocycles. The van der Waals surface area contributed by atoms with Crippen LogP contribution in [0.25, 0.3) is 10.9 Å². The molecule has 0 bridgehead atoms. The number of anilines is 1. The van der Waals surface area contributed by atoms with Gasteiger partial charge in [-0.15, -0.1) is 0 Å². The number of β-amino-alcohol motifs (C(OH)–C–C–N with tert-alkyl or cyclic N) is 1. The topological polar surface area (TPSA) is 58.5 Å². The van der Waals surface area contributed by atoms with Crippen LogP contribution in [-0.4, -0.2) is 34.8 Å². The lowest BCUT2D eigenvalue weighted by atomic mass is 10.0. The van der Waals surface area contributed by atoms with Crippen LogP contribution in [0.1, 0.15) is 23.6 Å². The van der Waals surface area contributed by atoms with E-state index in [1.54, 1.807) is 13.4 Å². The summed E-state index contributed by atoms with van der Waals surface area (Å²) in [5, 5.41) is 11.3. The van der Waals surface area contributed by atoms with Crippen LogP contribution in [0, 0.1) is 6.92 Å². The van der Waals surface area contributed by atoms with E-state index in [0.29, 0.717) is 13.0 Å². The van der Waals surface area contributed by atoms with Crippen LogP contribution in [0.15, 0.2) is 48.8 Å². The summed E-state index contributed by atoms with van der Waals surface area (Å²) >= 11 is 0. The van der Waals surface area contributed by atoms with Crippen molar-refractivity contribution in [2.45, 2.75) is 25.5 Å². The summed E-state index contributed by atoms with van der Waals surface area (Å²) in [5.74, 6) is 1.69. The SMILES string of the molecule is COc1cccc(C2CC(O)CN2c2ncnc3c(C)cccc23)c1. The van der Waals surface area contributed by atoms with Crippen molar-refractivity contribution in [3.05, 3.63) is 59.9 Å². The first-order chi connectivity index (χ1) is 12.2. The minimum Gasteiger partial charge on any atom is -0.497 e. The number of aryl methyl sites for hydroxylation is 1. The Balaban J connectivity index is 1.82. The Hall–Kier alpha value is -2.66. The molecule has 2 aromatic carbocycles. The smallest absolute Gasteiger partial charge is 0.140 e. The molecule has 1 aliphatic rings. The maximum absolute atomic E-state index is 10.3. The van der Waals surface area contributed by atoms with Gasteiger partial charge in [0.1, 0.15) is 17.9 Å². The molecule has 2 atom stereocenters. The molecule has 1 aliphatic heterocycles. The van der Waals surface area contributed by atoms with Crippen molar-refractivity contribution in [2.75, 3.05) is 18.6 Å². The zero-order valence-corrected chi connectivity index (χ0v) is 14.4. The molecule has 2 unspecified atom stereocenters. The summed E-state index contributed by atoms with van der Waals surface area (Å²) in [6.45, 7) is 2.61. The summed E-state index contributed by atoms with van der Waals surface area (Å²) in [5.41, 5.74) is 3.20. The molecule has 0 radical (unpaired) electrons. The van der Waals surface area contributed by atoms with Crippen LogP contribution >= 0.6 is 0 Å². The molecule has 25 heavy (non-hydrogen) atoms. The predicted octanol–water partition coefficient (Wildman–Crippen LogP) is 3.26. The summed E-state index contributed by atoms with van der Waals surface area (Å²) in [7, 11) is 1.67. The number of aliphatic hydroxyl groups excluding tert-OH is 1. The van der Waals surface area contributed by atoms with Crippen molar-refractivity contribution in [3.63, 3.8) is 0 Å². The highest BCUT2D eigenvalue weighted by Gasteiger charge is 2.34. The molecule has 4 rings (SSSR count). The fraction of sp³-hybridized carbons (Fsp3) is 0.300. The molecule has 1 N–H and O–H groups in total. The zero-order valence-electron chi connectivity index (χ0n) is 14.4. The predicted molar refractivity (Wildman–Crippen MR) is 98.0 cm³/mol. The molecule has 1 saturated heterocycles. The summed E-state index contributed by atoms with van der Waals surface area (Å²) in [6, 6.07) is 14.2. The monoisotopic (exact) mass is 335 g/mol. The third-order valence-electron chi connectivity index (χ3n) is 4.88. The number of hydrogen-bond acceptors (Lipinski definition) is 5. The van der Waals surface area contributed by atoms with Crippen molar-refractivity contribution < 1.29 is 9.84 Å². The largest absolute Gasteiger partial charge is 0.497 e. The second kappa shape index (κ2) is 6.33. The first-order valence-electron chi connectivity index (χ1n) is 8.46. The van der Waals surface area contributed by atoms with Crippen LogP contribution < -0.4 is 9.64 Å². The van der Waals surface area contributed by atoms with Gasteiger partial charge in [0.05, 0.1) is 24.8 Å². The van der Waals surface area contributed by atoms with Gasteiger partial charge in [-0.25, -0.2) is 9.97 Å². The standard InChI is InChI=1S/C20H21N3O2/c1-13-5-3-8-17-19(13)21-12-22-20(17)23-11-15(24)10-18(23)14-6-4-7-16(9-14)25-2/h3-9,12,15,18,24H,10-11H2,1-2H3. The van der Waals surface area contributed by atoms with Crippen molar-refractivity contribution >= 4 is 16.7 Å². The highest BCUT2D eigenvalue weighted by molar-refractivity contribution is 5.91. The maximum Gasteiger partial charge on any atom is 0.140 e. The van der Waals surface area contributed by atoms with Crippen molar-refractivity contribution in [1.82, 2.24) is 9.97 Å². The summed E-state index contributed by atoms with van der Waals surface area (Å²) < 4.78 is 5.36. The van der Waals surface area contributed by atoms with E-state index in [9.17, 15) is 5.11 Å². The number of hydrogen-bond donors (Lipinski definition) is 1. The van der Waals surface area contributed by atoms with E-state index < -0.39 is 0 Å². The molecule has 2 heterocycles. The maximum atomic E-state index is 10.3. The van der Waals surface area contributed by atoms with E-state index >= 15 is 0 Å². The number of ether oxygens (including phenoxy) is 1. The summed E-state index contributed by atoms with van der Waals surface area (Å²) in [4.78, 5) is 11.2. The number of nitrogens with zero attached hydrogens (tertiary/aromatic N) is 3. The lowest BCUT2D eigenvalue weighted by Crippen LogP contribution is -2.25. The Morgan fingerprint density at radius 1 is 1.16 bits per heavy atom. The molecule has 5 heteroatoms. The normalized spacial score (nSPS) is 20.2. The van der Waals surface area contributed by atoms with Gasteiger partial charge in [0.2, 0.25) is 0 Å². The van der Waals surface area contributed by atoms with E-state index in [0.717, 1.165) is 33.6 Å². The lowest BCUT2D eigenvalue weighted by Gasteiger charge is -2.27. The minimum absolute atomic E-state index is 0.0590. The molecule has 0 amide bonds. The molecular formula is C20H21N3O2. The molecular weight excluding hydrogens is 314 g/mol. The molecule has 3 aromatic rings. The van der Waals surface area contributed by atoms with Gasteiger partial charge < -0.3 is 14.7 Å². The van der Waals surface area contributed by atoms with Gasteiger partial charge in [-0.1, -0.05) is 24.3 Å². The van der Waals surface area contributed by atoms with E-state index in [1.165, 1.54) is 0 Å². The number of fused-ring (bicyclic) bond motifs is 1. The Morgan fingerprint density at radius 3 is 2.84 bits per heavy atom. The molecule has 128 valence electrons. The number of benzene rings is 2. The third-order valence-corrected chi connectivity index (χ3v) is 4.88. The Morgan fingerprint density at radius 2 is 2.00 bits per heavy atom. The van der Waals surface area contributed by atoms with Gasteiger partial charge in [0.25, 0.3) is 0 Å². The van der Waals surface area contributed by atoms with Gasteiger partial charge in [0, 0.05) is 11.9 Å². The van der Waals surface area contributed by atoms with E-state index in [2.05, 4.69) is 33.9 Å². The van der Waals surface area contributed by atoms with Gasteiger partial charge in [-0.2, -0.15) is 0 Å². The van der Waals surface area contributed by atoms with Gasteiger partial charge >= 0.3 is 0 Å². The van der Waals surface area contributed by atoms with E-state index in [4.69, 9.17) is 4.74 Å². The first kappa shape index (κ1) is 15.8. The molecule has 0 aliphatic carbocycles.